The topological polar surface area (TPSA) is 39.4 Å². The molecular formula is C12H9ClO3. The van der Waals surface area contributed by atoms with E-state index in [9.17, 15) is 4.79 Å². The number of furan rings is 1. The quantitative estimate of drug-likeness (QED) is 0.766. The highest BCUT2D eigenvalue weighted by Gasteiger charge is 2.07. The fraction of sp³-hybridized carbons (Fsp3) is 0.0833. The Balaban J connectivity index is 1.93. The molecule has 0 amide bonds. The van der Waals surface area contributed by atoms with Gasteiger partial charge >= 0.3 is 0 Å². The summed E-state index contributed by atoms with van der Waals surface area (Å²) in [6.45, 7) is -0.0127. The lowest BCUT2D eigenvalue weighted by Crippen LogP contribution is -2.10. The van der Waals surface area contributed by atoms with Gasteiger partial charge in [0.05, 0.1) is 11.8 Å². The minimum Gasteiger partial charge on any atom is -0.485 e. The zero-order valence-electron chi connectivity index (χ0n) is 8.35. The summed E-state index contributed by atoms with van der Waals surface area (Å²) < 4.78 is 10.1. The van der Waals surface area contributed by atoms with Gasteiger partial charge in [0.25, 0.3) is 0 Å². The Kier molecular flexibility index (Phi) is 3.27. The molecule has 0 aliphatic carbocycles. The molecule has 0 aliphatic rings. The molecule has 0 saturated heterocycles. The summed E-state index contributed by atoms with van der Waals surface area (Å²) in [5.74, 6) is 0.491. The van der Waals surface area contributed by atoms with Gasteiger partial charge in [-0.15, -0.1) is 0 Å². The summed E-state index contributed by atoms with van der Waals surface area (Å²) in [6, 6.07) is 8.45. The average molecular weight is 237 g/mol. The van der Waals surface area contributed by atoms with Crippen molar-refractivity contribution in [3.05, 3.63) is 53.4 Å². The maximum atomic E-state index is 11.5. The van der Waals surface area contributed by atoms with Crippen molar-refractivity contribution in [3.8, 4) is 5.75 Å². The van der Waals surface area contributed by atoms with Crippen molar-refractivity contribution in [1.29, 1.82) is 0 Å². The van der Waals surface area contributed by atoms with E-state index in [1.54, 1.807) is 30.3 Å². The lowest BCUT2D eigenvalue weighted by molar-refractivity contribution is 0.0921. The highest BCUT2D eigenvalue weighted by atomic mass is 35.5. The van der Waals surface area contributed by atoms with Crippen molar-refractivity contribution in [2.75, 3.05) is 6.61 Å². The van der Waals surface area contributed by atoms with Crippen molar-refractivity contribution in [2.45, 2.75) is 0 Å². The molecule has 0 spiro atoms. The number of benzene rings is 1. The molecule has 16 heavy (non-hydrogen) atoms. The maximum absolute atomic E-state index is 11.5. The summed E-state index contributed by atoms with van der Waals surface area (Å²) in [5, 5.41) is 0.633. The van der Waals surface area contributed by atoms with Crippen LogP contribution in [0.3, 0.4) is 0 Å². The van der Waals surface area contributed by atoms with Crippen LogP contribution in [0.25, 0.3) is 0 Å². The van der Waals surface area contributed by atoms with Crippen LogP contribution in [0.15, 0.2) is 47.3 Å². The number of hydrogen-bond donors (Lipinski definition) is 0. The fourth-order valence-electron chi connectivity index (χ4n) is 1.19. The molecule has 0 saturated carbocycles. The highest BCUT2D eigenvalue weighted by Crippen LogP contribution is 2.15. The first-order chi connectivity index (χ1) is 7.75. The van der Waals surface area contributed by atoms with E-state index in [0.717, 1.165) is 0 Å². The fourth-order valence-corrected chi connectivity index (χ4v) is 1.31. The molecule has 1 heterocycles. The number of hydrogen-bond acceptors (Lipinski definition) is 3. The number of ether oxygens (including phenoxy) is 1. The van der Waals surface area contributed by atoms with Crippen LogP contribution in [0.2, 0.25) is 5.02 Å². The Morgan fingerprint density at radius 3 is 2.62 bits per heavy atom. The summed E-state index contributed by atoms with van der Waals surface area (Å²) in [7, 11) is 0. The molecule has 2 aromatic rings. The molecular weight excluding hydrogens is 228 g/mol. The van der Waals surface area contributed by atoms with Gasteiger partial charge in [-0.25, -0.2) is 0 Å². The van der Waals surface area contributed by atoms with E-state index in [2.05, 4.69) is 0 Å². The van der Waals surface area contributed by atoms with Crippen LogP contribution in [-0.4, -0.2) is 12.4 Å². The van der Waals surface area contributed by atoms with Gasteiger partial charge in [-0.05, 0) is 30.3 Å². The predicted molar refractivity (Wildman–Crippen MR) is 60.0 cm³/mol. The van der Waals surface area contributed by atoms with Crippen molar-refractivity contribution >= 4 is 17.4 Å². The molecule has 0 atom stereocenters. The van der Waals surface area contributed by atoms with Gasteiger partial charge < -0.3 is 9.15 Å². The molecule has 3 nitrogen and oxygen atoms in total. The first kappa shape index (κ1) is 10.8. The van der Waals surface area contributed by atoms with Gasteiger partial charge in [0.1, 0.15) is 12.0 Å². The Labute approximate surface area is 97.6 Å². The first-order valence-electron chi connectivity index (χ1n) is 4.69. The Morgan fingerprint density at radius 2 is 2.00 bits per heavy atom. The third-order valence-electron chi connectivity index (χ3n) is 2.03. The van der Waals surface area contributed by atoms with Crippen molar-refractivity contribution < 1.29 is 13.9 Å². The highest BCUT2D eigenvalue weighted by molar-refractivity contribution is 6.30. The second-order valence-electron chi connectivity index (χ2n) is 3.18. The third-order valence-corrected chi connectivity index (χ3v) is 2.28. The second kappa shape index (κ2) is 4.86. The second-order valence-corrected chi connectivity index (χ2v) is 3.61. The maximum Gasteiger partial charge on any atom is 0.203 e. The van der Waals surface area contributed by atoms with Crippen molar-refractivity contribution in [3.63, 3.8) is 0 Å². The number of halogens is 1. The largest absolute Gasteiger partial charge is 0.485 e. The van der Waals surface area contributed by atoms with Gasteiger partial charge in [-0.3, -0.25) is 4.79 Å². The molecule has 0 radical (unpaired) electrons. The first-order valence-corrected chi connectivity index (χ1v) is 5.07. The number of rotatable bonds is 4. The van der Waals surface area contributed by atoms with Crippen LogP contribution in [0.1, 0.15) is 10.4 Å². The normalized spacial score (nSPS) is 10.1. The number of carbonyl (C=O) groups is 1. The summed E-state index contributed by atoms with van der Waals surface area (Å²) in [6.07, 6.45) is 2.85. The number of carbonyl (C=O) groups excluding carboxylic acids is 1. The third kappa shape index (κ3) is 2.64. The van der Waals surface area contributed by atoms with E-state index in [4.69, 9.17) is 20.8 Å². The SMILES string of the molecule is O=C(COc1ccc(Cl)cc1)c1ccoc1. The van der Waals surface area contributed by atoms with Crippen LogP contribution in [0.4, 0.5) is 0 Å². The van der Waals surface area contributed by atoms with Gasteiger partial charge in [-0.1, -0.05) is 11.6 Å². The van der Waals surface area contributed by atoms with E-state index in [1.807, 2.05) is 0 Å². The van der Waals surface area contributed by atoms with Gasteiger partial charge in [0.2, 0.25) is 5.78 Å². The van der Waals surface area contributed by atoms with Crippen molar-refractivity contribution in [1.82, 2.24) is 0 Å². The van der Waals surface area contributed by atoms with Gasteiger partial charge in [0.15, 0.2) is 6.61 Å². The minimum absolute atomic E-state index is 0.0127. The van der Waals surface area contributed by atoms with Gasteiger partial charge in [-0.2, -0.15) is 0 Å². The van der Waals surface area contributed by atoms with Crippen LogP contribution < -0.4 is 4.74 Å². The number of ketones is 1. The lowest BCUT2D eigenvalue weighted by atomic mass is 10.2. The molecule has 1 aromatic heterocycles. The molecule has 0 bridgehead atoms. The zero-order valence-corrected chi connectivity index (χ0v) is 9.11. The number of Topliss-reactive ketones (excluding diaryl/α,β-unsaturated/α-hetero) is 1. The Hall–Kier alpha value is -1.74. The summed E-state index contributed by atoms with van der Waals surface area (Å²) in [4.78, 5) is 11.5. The molecule has 0 unspecified atom stereocenters. The van der Waals surface area contributed by atoms with Gasteiger partial charge in [0, 0.05) is 5.02 Å². The molecule has 0 aliphatic heterocycles. The smallest absolute Gasteiger partial charge is 0.203 e. The Bertz CT molecular complexity index is 460. The molecule has 1 aromatic carbocycles. The van der Waals surface area contributed by atoms with Crippen LogP contribution in [-0.2, 0) is 0 Å². The van der Waals surface area contributed by atoms with E-state index < -0.39 is 0 Å². The molecule has 0 N–H and O–H groups in total. The summed E-state index contributed by atoms with van der Waals surface area (Å²) >= 11 is 5.72. The van der Waals surface area contributed by atoms with Crippen LogP contribution >= 0.6 is 11.6 Å². The monoisotopic (exact) mass is 236 g/mol. The van der Waals surface area contributed by atoms with Crippen LogP contribution in [0.5, 0.6) is 5.75 Å². The predicted octanol–water partition coefficient (Wildman–Crippen LogP) is 3.19. The zero-order chi connectivity index (χ0) is 11.4. The van der Waals surface area contributed by atoms with Crippen molar-refractivity contribution in [2.24, 2.45) is 0 Å². The molecule has 82 valence electrons. The summed E-state index contributed by atoms with van der Waals surface area (Å²) in [5.41, 5.74) is 0.508. The van der Waals surface area contributed by atoms with E-state index in [1.165, 1.54) is 12.5 Å². The lowest BCUT2D eigenvalue weighted by Gasteiger charge is -2.03. The van der Waals surface area contributed by atoms with E-state index in [0.29, 0.717) is 16.3 Å². The van der Waals surface area contributed by atoms with E-state index >= 15 is 0 Å². The Morgan fingerprint density at radius 1 is 1.25 bits per heavy atom. The van der Waals surface area contributed by atoms with E-state index in [-0.39, 0.29) is 12.4 Å². The molecule has 0 fully saturated rings. The molecule has 2 rings (SSSR count). The van der Waals surface area contributed by atoms with Crippen LogP contribution in [0, 0.1) is 0 Å². The average Bonchev–Trinajstić information content (AvgIpc) is 2.81. The molecule has 4 heteroatoms. The minimum atomic E-state index is -0.122. The standard InChI is InChI=1S/C12H9ClO3/c13-10-1-3-11(4-2-10)16-8-12(14)9-5-6-15-7-9/h1-7H,8H2.